The Kier molecular flexibility index (Phi) is 3.77. The summed E-state index contributed by atoms with van der Waals surface area (Å²) in [7, 11) is 0. The van der Waals surface area contributed by atoms with Gasteiger partial charge in [0.2, 0.25) is 0 Å². The first kappa shape index (κ1) is 11.6. The number of esters is 1. The fraction of sp³-hybridized carbons (Fsp3) is 0.364. The minimum Gasteiger partial charge on any atom is -0.466 e. The van der Waals surface area contributed by atoms with E-state index in [4.69, 9.17) is 0 Å². The monoisotopic (exact) mass is 214 g/mol. The Morgan fingerprint density at radius 2 is 2.07 bits per heavy atom. The fourth-order valence-corrected chi connectivity index (χ4v) is 1.23. The van der Waals surface area contributed by atoms with E-state index >= 15 is 0 Å². The first-order chi connectivity index (χ1) is 7.06. The summed E-state index contributed by atoms with van der Waals surface area (Å²) in [5.41, 5.74) is 0.0872. The molecule has 15 heavy (non-hydrogen) atoms. The number of benzene rings is 1. The van der Waals surface area contributed by atoms with Crippen molar-refractivity contribution in [2.45, 2.75) is 20.3 Å². The van der Waals surface area contributed by atoms with Gasteiger partial charge in [0.1, 0.15) is 11.6 Å². The molecule has 82 valence electrons. The van der Waals surface area contributed by atoms with Gasteiger partial charge in [0.15, 0.2) is 0 Å². The molecule has 0 atom stereocenters. The zero-order valence-corrected chi connectivity index (χ0v) is 8.64. The lowest BCUT2D eigenvalue weighted by Gasteiger charge is -2.06. The summed E-state index contributed by atoms with van der Waals surface area (Å²) < 4.78 is 31.2. The molecule has 0 aliphatic heterocycles. The highest BCUT2D eigenvalue weighted by Crippen LogP contribution is 2.17. The minimum absolute atomic E-state index is 0.202. The lowest BCUT2D eigenvalue weighted by molar-refractivity contribution is -0.142. The van der Waals surface area contributed by atoms with Gasteiger partial charge in [-0.2, -0.15) is 0 Å². The van der Waals surface area contributed by atoms with E-state index in [0.29, 0.717) is 5.56 Å². The van der Waals surface area contributed by atoms with E-state index in [1.54, 1.807) is 6.92 Å². The minimum atomic E-state index is -0.717. The van der Waals surface area contributed by atoms with Gasteiger partial charge in [-0.05, 0) is 25.5 Å². The highest BCUT2D eigenvalue weighted by Gasteiger charge is 2.15. The Morgan fingerprint density at radius 1 is 1.40 bits per heavy atom. The zero-order chi connectivity index (χ0) is 11.4. The number of rotatable bonds is 3. The molecular formula is C11H12F2O2. The molecule has 0 aliphatic rings. The molecule has 0 aliphatic carbocycles. The molecule has 1 aromatic rings. The van der Waals surface area contributed by atoms with Gasteiger partial charge < -0.3 is 4.74 Å². The molecule has 0 saturated carbocycles. The second-order valence-corrected chi connectivity index (χ2v) is 3.14. The van der Waals surface area contributed by atoms with Gasteiger partial charge in [-0.25, -0.2) is 8.78 Å². The number of carbonyl (C=O) groups excluding carboxylic acids is 1. The van der Waals surface area contributed by atoms with Crippen LogP contribution in [0.5, 0.6) is 0 Å². The molecular weight excluding hydrogens is 202 g/mol. The van der Waals surface area contributed by atoms with Crippen molar-refractivity contribution in [3.8, 4) is 0 Å². The highest BCUT2D eigenvalue weighted by atomic mass is 19.1. The van der Waals surface area contributed by atoms with Crippen LogP contribution in [0.25, 0.3) is 0 Å². The van der Waals surface area contributed by atoms with E-state index in [9.17, 15) is 13.6 Å². The Labute approximate surface area is 86.9 Å². The predicted molar refractivity (Wildman–Crippen MR) is 51.4 cm³/mol. The van der Waals surface area contributed by atoms with Crippen molar-refractivity contribution in [2.75, 3.05) is 6.61 Å². The number of aryl methyl sites for hydroxylation is 1. The van der Waals surface area contributed by atoms with Crippen molar-refractivity contribution >= 4 is 5.97 Å². The first-order valence-corrected chi connectivity index (χ1v) is 4.65. The molecule has 1 aromatic carbocycles. The molecule has 0 bridgehead atoms. The van der Waals surface area contributed by atoms with Gasteiger partial charge in [0, 0.05) is 5.56 Å². The van der Waals surface area contributed by atoms with E-state index in [1.807, 2.05) is 0 Å². The number of hydrogen-bond acceptors (Lipinski definition) is 2. The van der Waals surface area contributed by atoms with Gasteiger partial charge in [-0.1, -0.05) is 6.07 Å². The van der Waals surface area contributed by atoms with Crippen LogP contribution in [-0.4, -0.2) is 12.6 Å². The van der Waals surface area contributed by atoms with Crippen LogP contribution >= 0.6 is 0 Å². The van der Waals surface area contributed by atoms with Gasteiger partial charge in [-0.3, -0.25) is 4.79 Å². The standard InChI is InChI=1S/C11H12F2O2/c1-3-15-10(14)6-8-9(12)5-4-7(2)11(8)13/h4-5H,3,6H2,1-2H3. The van der Waals surface area contributed by atoms with E-state index in [1.165, 1.54) is 13.0 Å². The summed E-state index contributed by atoms with van der Waals surface area (Å²) in [6, 6.07) is 2.48. The molecule has 0 N–H and O–H groups in total. The Morgan fingerprint density at radius 3 is 2.67 bits per heavy atom. The van der Waals surface area contributed by atoms with Crippen molar-refractivity contribution in [1.82, 2.24) is 0 Å². The van der Waals surface area contributed by atoms with Crippen molar-refractivity contribution in [2.24, 2.45) is 0 Å². The Bertz CT molecular complexity index is 375. The second kappa shape index (κ2) is 4.87. The molecule has 0 saturated heterocycles. The summed E-state index contributed by atoms with van der Waals surface area (Å²) >= 11 is 0. The molecule has 0 aromatic heterocycles. The SMILES string of the molecule is CCOC(=O)Cc1c(F)ccc(C)c1F. The maximum atomic E-state index is 13.4. The van der Waals surface area contributed by atoms with E-state index in [-0.39, 0.29) is 18.6 Å². The lowest BCUT2D eigenvalue weighted by atomic mass is 10.1. The van der Waals surface area contributed by atoms with Crippen molar-refractivity contribution in [3.05, 3.63) is 34.9 Å². The molecule has 2 nitrogen and oxygen atoms in total. The molecule has 1 rings (SSSR count). The van der Waals surface area contributed by atoms with Crippen molar-refractivity contribution in [1.29, 1.82) is 0 Å². The molecule has 0 spiro atoms. The van der Waals surface area contributed by atoms with Gasteiger partial charge in [0.25, 0.3) is 0 Å². The largest absolute Gasteiger partial charge is 0.466 e. The molecule has 0 amide bonds. The summed E-state index contributed by atoms with van der Waals surface area (Å²) in [6.07, 6.45) is -0.368. The van der Waals surface area contributed by atoms with Crippen LogP contribution in [-0.2, 0) is 16.0 Å². The maximum absolute atomic E-state index is 13.4. The topological polar surface area (TPSA) is 26.3 Å². The lowest BCUT2D eigenvalue weighted by Crippen LogP contribution is -2.11. The molecule has 0 fully saturated rings. The van der Waals surface area contributed by atoms with Crippen LogP contribution in [0.3, 0.4) is 0 Å². The predicted octanol–water partition coefficient (Wildman–Crippen LogP) is 2.38. The first-order valence-electron chi connectivity index (χ1n) is 4.65. The molecule has 0 radical (unpaired) electrons. The zero-order valence-electron chi connectivity index (χ0n) is 8.64. The van der Waals surface area contributed by atoms with E-state index < -0.39 is 17.6 Å². The summed E-state index contributed by atoms with van der Waals surface area (Å²) in [6.45, 7) is 3.36. The molecule has 0 unspecified atom stereocenters. The van der Waals surface area contributed by atoms with E-state index in [2.05, 4.69) is 4.74 Å². The average Bonchev–Trinajstić information content (AvgIpc) is 2.19. The summed E-state index contributed by atoms with van der Waals surface area (Å²) in [5, 5.41) is 0. The van der Waals surface area contributed by atoms with Crippen LogP contribution in [0.15, 0.2) is 12.1 Å². The summed E-state index contributed by atoms with van der Waals surface area (Å²) in [4.78, 5) is 11.1. The number of ether oxygens (including phenoxy) is 1. The third-order valence-electron chi connectivity index (χ3n) is 2.01. The smallest absolute Gasteiger partial charge is 0.310 e. The Hall–Kier alpha value is -1.45. The number of carbonyl (C=O) groups is 1. The van der Waals surface area contributed by atoms with Crippen LogP contribution in [0.2, 0.25) is 0 Å². The van der Waals surface area contributed by atoms with Gasteiger partial charge >= 0.3 is 5.97 Å². The third-order valence-corrected chi connectivity index (χ3v) is 2.01. The van der Waals surface area contributed by atoms with Crippen LogP contribution in [0.1, 0.15) is 18.1 Å². The quantitative estimate of drug-likeness (QED) is 0.722. The number of halogens is 2. The van der Waals surface area contributed by atoms with Gasteiger partial charge in [0.05, 0.1) is 13.0 Å². The van der Waals surface area contributed by atoms with Gasteiger partial charge in [-0.15, -0.1) is 0 Å². The Balaban J connectivity index is 2.93. The van der Waals surface area contributed by atoms with Crippen molar-refractivity contribution < 1.29 is 18.3 Å². The van der Waals surface area contributed by atoms with Crippen LogP contribution < -0.4 is 0 Å². The van der Waals surface area contributed by atoms with E-state index in [0.717, 1.165) is 6.07 Å². The molecule has 0 heterocycles. The number of hydrogen-bond donors (Lipinski definition) is 0. The van der Waals surface area contributed by atoms with Crippen LogP contribution in [0.4, 0.5) is 8.78 Å². The maximum Gasteiger partial charge on any atom is 0.310 e. The fourth-order valence-electron chi connectivity index (χ4n) is 1.23. The molecule has 4 heteroatoms. The normalized spacial score (nSPS) is 10.1. The highest BCUT2D eigenvalue weighted by molar-refractivity contribution is 5.72. The van der Waals surface area contributed by atoms with Crippen LogP contribution in [0, 0.1) is 18.6 Å². The third kappa shape index (κ3) is 2.75. The average molecular weight is 214 g/mol. The summed E-state index contributed by atoms with van der Waals surface area (Å²) in [5.74, 6) is -2.02. The van der Waals surface area contributed by atoms with Crippen molar-refractivity contribution in [3.63, 3.8) is 0 Å². The second-order valence-electron chi connectivity index (χ2n) is 3.14.